The first kappa shape index (κ1) is 28.3. The third-order valence-corrected chi connectivity index (χ3v) is 10.1. The molecule has 1 aromatic heterocycles. The van der Waals surface area contributed by atoms with Gasteiger partial charge in [-0.1, -0.05) is 43.0 Å². The highest BCUT2D eigenvalue weighted by Gasteiger charge is 2.45. The zero-order valence-electron chi connectivity index (χ0n) is 24.2. The van der Waals surface area contributed by atoms with E-state index < -0.39 is 5.97 Å². The Morgan fingerprint density at radius 1 is 0.951 bits per heavy atom. The maximum absolute atomic E-state index is 14.3. The quantitative estimate of drug-likeness (QED) is 0.206. The second-order valence-corrected chi connectivity index (χ2v) is 12.6. The maximum Gasteiger partial charge on any atom is 0.305 e. The normalized spacial score (nSPS) is 30.2. The van der Waals surface area contributed by atoms with Crippen molar-refractivity contribution in [3.63, 3.8) is 0 Å². The number of piperidine rings is 2. The maximum atomic E-state index is 14.3. The molecule has 222 valence electrons. The Morgan fingerprint density at radius 3 is 2.37 bits per heavy atom. The summed E-state index contributed by atoms with van der Waals surface area (Å²) in [5.41, 5.74) is 1.89. The third kappa shape index (κ3) is 5.93. The molecule has 4 fully saturated rings. The molecule has 2 saturated heterocycles. The molecule has 41 heavy (non-hydrogen) atoms. The van der Waals surface area contributed by atoms with Crippen molar-refractivity contribution >= 4 is 22.7 Å². The molecule has 3 heterocycles. The van der Waals surface area contributed by atoms with E-state index in [1.165, 1.54) is 64.9 Å². The average Bonchev–Trinajstić information content (AvgIpc) is 2.97. The van der Waals surface area contributed by atoms with Gasteiger partial charge in [0.15, 0.2) is 5.69 Å². The smallest absolute Gasteiger partial charge is 0.305 e. The number of aliphatic hydroxyl groups is 1. The minimum absolute atomic E-state index is 0.00576. The lowest BCUT2D eigenvalue weighted by Crippen LogP contribution is -2.58. The SMILES string of the molecule is COC(=O)CCC(=NOCCO)c1nc2ccccc2n([C@H]2C[C@H]3CCC[C@@H](C2)N3C2CC3CCCC(C3)C2)c1=O. The van der Waals surface area contributed by atoms with Crippen molar-refractivity contribution in [3.8, 4) is 0 Å². The molecule has 4 aliphatic rings. The lowest BCUT2D eigenvalue weighted by atomic mass is 9.68. The van der Waals surface area contributed by atoms with E-state index in [9.17, 15) is 14.7 Å². The van der Waals surface area contributed by atoms with Gasteiger partial charge >= 0.3 is 5.97 Å². The van der Waals surface area contributed by atoms with Gasteiger partial charge in [0.2, 0.25) is 0 Å². The Balaban J connectivity index is 1.34. The zero-order chi connectivity index (χ0) is 28.3. The van der Waals surface area contributed by atoms with Gasteiger partial charge in [0.25, 0.3) is 5.56 Å². The second kappa shape index (κ2) is 12.6. The number of fused-ring (bicyclic) bond motifs is 5. The molecule has 5 atom stereocenters. The number of aliphatic hydroxyl groups excluding tert-OH is 1. The van der Waals surface area contributed by atoms with Crippen molar-refractivity contribution in [3.05, 3.63) is 40.3 Å². The number of methoxy groups -OCH3 is 1. The number of ether oxygens (including phenoxy) is 1. The molecule has 2 aromatic rings. The molecule has 0 radical (unpaired) electrons. The number of aromatic nitrogens is 2. The number of benzene rings is 1. The van der Waals surface area contributed by atoms with Gasteiger partial charge in [-0.15, -0.1) is 0 Å². The van der Waals surface area contributed by atoms with E-state index in [1.807, 2.05) is 28.8 Å². The van der Waals surface area contributed by atoms with Crippen LogP contribution in [-0.4, -0.2) is 69.7 Å². The van der Waals surface area contributed by atoms with E-state index in [4.69, 9.17) is 14.6 Å². The van der Waals surface area contributed by atoms with Gasteiger partial charge in [0.05, 0.1) is 31.2 Å². The molecule has 9 nitrogen and oxygen atoms in total. The number of nitrogens with zero attached hydrogens (tertiary/aromatic N) is 4. The topological polar surface area (TPSA) is 106 Å². The van der Waals surface area contributed by atoms with Crippen LogP contribution in [0.1, 0.15) is 95.2 Å². The van der Waals surface area contributed by atoms with Crippen molar-refractivity contribution in [2.24, 2.45) is 17.0 Å². The lowest BCUT2D eigenvalue weighted by molar-refractivity contribution is -0.140. The highest BCUT2D eigenvalue weighted by molar-refractivity contribution is 6.00. The van der Waals surface area contributed by atoms with Gasteiger partial charge in [0.1, 0.15) is 12.3 Å². The number of carbonyl (C=O) groups is 1. The van der Waals surface area contributed by atoms with Gasteiger partial charge in [-0.25, -0.2) is 4.98 Å². The summed E-state index contributed by atoms with van der Waals surface area (Å²) in [5.74, 6) is 1.40. The Kier molecular flexibility index (Phi) is 8.72. The first-order valence-electron chi connectivity index (χ1n) is 15.7. The number of esters is 1. The Bertz CT molecular complexity index is 1300. The molecular weight excluding hydrogens is 520 g/mol. The summed E-state index contributed by atoms with van der Waals surface area (Å²) < 4.78 is 6.79. The molecule has 2 unspecified atom stereocenters. The van der Waals surface area contributed by atoms with Crippen LogP contribution in [0.4, 0.5) is 0 Å². The van der Waals surface area contributed by atoms with Crippen LogP contribution in [0, 0.1) is 11.8 Å². The first-order valence-corrected chi connectivity index (χ1v) is 15.7. The van der Waals surface area contributed by atoms with Crippen molar-refractivity contribution in [2.75, 3.05) is 20.3 Å². The number of carbonyl (C=O) groups excluding carboxylic acids is 1. The molecule has 9 heteroatoms. The van der Waals surface area contributed by atoms with Gasteiger partial charge in [-0.05, 0) is 68.9 Å². The Morgan fingerprint density at radius 2 is 1.66 bits per heavy atom. The van der Waals surface area contributed by atoms with Crippen molar-refractivity contribution in [1.29, 1.82) is 0 Å². The standard InChI is InChI=1S/C32H44N4O5/c1-40-30(38)13-12-28(34-41-15-14-37)31-32(39)36(29-11-3-2-10-27(29)33-31)26-19-23-8-5-9-24(20-26)35(23)25-17-21-6-4-7-22(16-21)18-25/h2-3,10-11,21-26,37H,4-9,12-20H2,1H3/t21?,22?,23-,24+,25?,26+. The molecule has 2 saturated carbocycles. The summed E-state index contributed by atoms with van der Waals surface area (Å²) in [4.78, 5) is 39.2. The van der Waals surface area contributed by atoms with Crippen LogP contribution in [0.15, 0.2) is 34.2 Å². The number of rotatable bonds is 9. The van der Waals surface area contributed by atoms with Crippen LogP contribution < -0.4 is 5.56 Å². The fraction of sp³-hybridized carbons (Fsp3) is 0.688. The number of para-hydroxylation sites is 2. The van der Waals surface area contributed by atoms with Crippen LogP contribution in [0.2, 0.25) is 0 Å². The summed E-state index contributed by atoms with van der Waals surface area (Å²) >= 11 is 0. The second-order valence-electron chi connectivity index (χ2n) is 12.6. The minimum Gasteiger partial charge on any atom is -0.469 e. The molecule has 4 bridgehead atoms. The van der Waals surface area contributed by atoms with Crippen molar-refractivity contribution in [2.45, 2.75) is 108 Å². The van der Waals surface area contributed by atoms with Crippen LogP contribution >= 0.6 is 0 Å². The predicted molar refractivity (Wildman–Crippen MR) is 157 cm³/mol. The van der Waals surface area contributed by atoms with E-state index in [0.717, 1.165) is 35.7 Å². The predicted octanol–water partition coefficient (Wildman–Crippen LogP) is 4.59. The van der Waals surface area contributed by atoms with Crippen LogP contribution in [-0.2, 0) is 14.4 Å². The van der Waals surface area contributed by atoms with E-state index >= 15 is 0 Å². The highest BCUT2D eigenvalue weighted by Crippen LogP contribution is 2.47. The summed E-state index contributed by atoms with van der Waals surface area (Å²) in [6.45, 7) is -0.207. The van der Waals surface area contributed by atoms with E-state index in [0.29, 0.717) is 23.8 Å². The van der Waals surface area contributed by atoms with Crippen LogP contribution in [0.25, 0.3) is 11.0 Å². The molecule has 0 amide bonds. The highest BCUT2D eigenvalue weighted by atomic mass is 16.6. The molecular formula is C32H44N4O5. The fourth-order valence-electron chi connectivity index (χ4n) is 8.53. The van der Waals surface area contributed by atoms with Gasteiger partial charge < -0.3 is 19.2 Å². The molecule has 0 spiro atoms. The zero-order valence-corrected chi connectivity index (χ0v) is 24.2. The summed E-state index contributed by atoms with van der Waals surface area (Å²) in [6, 6.07) is 9.58. The van der Waals surface area contributed by atoms with E-state index in [1.54, 1.807) is 0 Å². The summed E-state index contributed by atoms with van der Waals surface area (Å²) in [5, 5.41) is 13.4. The molecule has 1 aromatic carbocycles. The first-order chi connectivity index (χ1) is 20.1. The Hall–Kier alpha value is -2.78. The summed E-state index contributed by atoms with van der Waals surface area (Å²) in [7, 11) is 1.34. The monoisotopic (exact) mass is 564 g/mol. The Labute approximate surface area is 241 Å². The number of hydrogen-bond donors (Lipinski definition) is 1. The third-order valence-electron chi connectivity index (χ3n) is 10.1. The molecule has 2 aliphatic heterocycles. The van der Waals surface area contributed by atoms with Crippen LogP contribution in [0.5, 0.6) is 0 Å². The van der Waals surface area contributed by atoms with Gasteiger partial charge in [0, 0.05) is 30.6 Å². The van der Waals surface area contributed by atoms with Gasteiger partial charge in [-0.3, -0.25) is 14.5 Å². The van der Waals surface area contributed by atoms with Crippen LogP contribution in [0.3, 0.4) is 0 Å². The molecule has 1 N–H and O–H groups in total. The lowest BCUT2D eigenvalue weighted by Gasteiger charge is -2.55. The summed E-state index contributed by atoms with van der Waals surface area (Å²) in [6.07, 6.45) is 14.2. The largest absolute Gasteiger partial charge is 0.469 e. The van der Waals surface area contributed by atoms with Gasteiger partial charge in [-0.2, -0.15) is 0 Å². The van der Waals surface area contributed by atoms with Crippen molar-refractivity contribution in [1.82, 2.24) is 14.5 Å². The molecule has 6 rings (SSSR count). The minimum atomic E-state index is -0.395. The number of oxime groups is 1. The van der Waals surface area contributed by atoms with Crippen molar-refractivity contribution < 1.29 is 19.5 Å². The van der Waals surface area contributed by atoms with E-state index in [2.05, 4.69) is 10.1 Å². The number of hydrogen-bond acceptors (Lipinski definition) is 8. The molecule has 2 aliphatic carbocycles. The fourth-order valence-corrected chi connectivity index (χ4v) is 8.53. The average molecular weight is 565 g/mol. The van der Waals surface area contributed by atoms with E-state index in [-0.39, 0.29) is 43.4 Å².